The predicted octanol–water partition coefficient (Wildman–Crippen LogP) is 6.73. The number of rotatable bonds is 12. The number of aromatic nitrogens is 2. The van der Waals surface area contributed by atoms with Crippen molar-refractivity contribution in [2.45, 2.75) is 31.6 Å². The van der Waals surface area contributed by atoms with E-state index in [-0.39, 0.29) is 23.6 Å². The Balaban J connectivity index is 1.30. The minimum atomic E-state index is -3.40. The van der Waals surface area contributed by atoms with Crippen molar-refractivity contribution in [1.29, 1.82) is 0 Å². The molecule has 1 fully saturated rings. The van der Waals surface area contributed by atoms with Crippen LogP contribution < -0.4 is 10.0 Å². The lowest BCUT2D eigenvalue weighted by atomic mass is 9.88. The van der Waals surface area contributed by atoms with Crippen molar-refractivity contribution in [3.05, 3.63) is 95.6 Å². The van der Waals surface area contributed by atoms with E-state index in [1.807, 2.05) is 0 Å². The Morgan fingerprint density at radius 3 is 2.13 bits per heavy atom. The molecule has 0 saturated carbocycles. The van der Waals surface area contributed by atoms with Gasteiger partial charge >= 0.3 is 6.03 Å². The zero-order chi connectivity index (χ0) is 31.8. The lowest BCUT2D eigenvalue weighted by Crippen LogP contribution is -2.38. The van der Waals surface area contributed by atoms with Gasteiger partial charge in [-0.15, -0.1) is 0 Å². The zero-order valence-electron chi connectivity index (χ0n) is 24.8. The maximum absolute atomic E-state index is 13.7. The highest BCUT2D eigenvalue weighted by Crippen LogP contribution is 2.30. The number of anilines is 2. The highest BCUT2D eigenvalue weighted by atomic mass is 32.2. The van der Waals surface area contributed by atoms with E-state index in [9.17, 15) is 22.0 Å². The summed E-state index contributed by atoms with van der Waals surface area (Å²) in [7, 11) is -3.40. The van der Waals surface area contributed by atoms with Crippen molar-refractivity contribution in [2.75, 3.05) is 42.6 Å². The Kier molecular flexibility index (Phi) is 10.7. The molecule has 0 bridgehead atoms. The van der Waals surface area contributed by atoms with Crippen LogP contribution in [0.1, 0.15) is 42.7 Å². The number of carbonyl (C=O) groups excluding carboxylic acids is 1. The van der Waals surface area contributed by atoms with Gasteiger partial charge in [0, 0.05) is 55.0 Å². The van der Waals surface area contributed by atoms with Crippen LogP contribution >= 0.6 is 11.5 Å². The van der Waals surface area contributed by atoms with Gasteiger partial charge in [0.2, 0.25) is 15.2 Å². The molecule has 4 aromatic rings. The minimum absolute atomic E-state index is 0.183. The summed E-state index contributed by atoms with van der Waals surface area (Å²) in [5.74, 6) is -0.00752. The smallest absolute Gasteiger partial charge is 0.323 e. The molecule has 1 saturated heterocycles. The van der Waals surface area contributed by atoms with Crippen LogP contribution in [-0.4, -0.2) is 61.3 Å². The van der Waals surface area contributed by atoms with Crippen LogP contribution in [0.25, 0.3) is 11.4 Å². The third kappa shape index (κ3) is 9.52. The Hall–Kier alpha value is -3.94. The molecule has 1 aromatic heterocycles. The monoisotopic (exact) mass is 655 g/mol. The molecule has 1 aliphatic rings. The number of hydrogen-bond donors (Lipinski definition) is 2. The van der Waals surface area contributed by atoms with Crippen LogP contribution in [0.3, 0.4) is 0 Å². The third-order valence-electron chi connectivity index (χ3n) is 7.75. The van der Waals surface area contributed by atoms with Gasteiger partial charge in [0.05, 0.1) is 6.26 Å². The van der Waals surface area contributed by atoms with Crippen molar-refractivity contribution in [2.24, 2.45) is 5.92 Å². The Bertz CT molecular complexity index is 1620. The van der Waals surface area contributed by atoms with Gasteiger partial charge in [0.25, 0.3) is 0 Å². The van der Waals surface area contributed by atoms with Gasteiger partial charge in [-0.25, -0.2) is 22.0 Å². The van der Waals surface area contributed by atoms with Gasteiger partial charge in [0.1, 0.15) is 11.6 Å². The van der Waals surface area contributed by atoms with Crippen molar-refractivity contribution >= 4 is 38.4 Å². The van der Waals surface area contributed by atoms with E-state index in [2.05, 4.69) is 19.4 Å². The van der Waals surface area contributed by atoms with Gasteiger partial charge in [-0.3, -0.25) is 10.0 Å². The van der Waals surface area contributed by atoms with Crippen LogP contribution in [0.5, 0.6) is 0 Å². The summed E-state index contributed by atoms with van der Waals surface area (Å²) in [6.07, 6.45) is 4.33. The van der Waals surface area contributed by atoms with E-state index < -0.39 is 10.0 Å². The van der Waals surface area contributed by atoms with E-state index in [0.717, 1.165) is 48.2 Å². The van der Waals surface area contributed by atoms with E-state index in [4.69, 9.17) is 4.74 Å². The number of nitrogens with zero attached hydrogens (tertiary/aromatic N) is 3. The van der Waals surface area contributed by atoms with E-state index in [1.165, 1.54) is 24.3 Å². The first-order chi connectivity index (χ1) is 21.6. The second kappa shape index (κ2) is 14.9. The largest absolute Gasteiger partial charge is 0.381 e. The summed E-state index contributed by atoms with van der Waals surface area (Å²) < 4.78 is 62.8. The summed E-state index contributed by atoms with van der Waals surface area (Å²) in [6.45, 7) is 2.35. The van der Waals surface area contributed by atoms with E-state index >= 15 is 0 Å². The predicted molar refractivity (Wildman–Crippen MR) is 172 cm³/mol. The number of benzene rings is 3. The fourth-order valence-corrected chi connectivity index (χ4v) is 6.50. The van der Waals surface area contributed by atoms with Crippen molar-refractivity contribution in [3.8, 4) is 11.4 Å². The van der Waals surface area contributed by atoms with E-state index in [0.29, 0.717) is 60.8 Å². The standard InChI is InChI=1S/C32H35F2N5O4S2/c1-45(41,42)38-28-12-6-25(7-13-28)30-35-31(44-37-30)36-32(40)39(18-14-22-16-20-43-21-17-22)19-15-29(23-2-8-26(33)9-3-23)24-4-10-27(34)11-5-24/h2-13,22,29,38H,14-21H2,1H3,(H,35,36,37,40). The third-order valence-corrected chi connectivity index (χ3v) is 8.99. The fraction of sp³-hybridized carbons (Fsp3) is 0.344. The molecule has 0 aliphatic carbocycles. The van der Waals surface area contributed by atoms with Gasteiger partial charge in [0.15, 0.2) is 5.82 Å². The molecule has 0 atom stereocenters. The summed E-state index contributed by atoms with van der Waals surface area (Å²) in [4.78, 5) is 19.9. The molecule has 2 amide bonds. The Morgan fingerprint density at radius 2 is 1.56 bits per heavy atom. The molecule has 2 heterocycles. The SMILES string of the molecule is CS(=O)(=O)Nc1ccc(-c2nsc(NC(=O)N(CCC3CCOCC3)CCC(c3ccc(F)cc3)c3ccc(F)cc3)n2)cc1. The number of nitrogens with one attached hydrogen (secondary N) is 2. The molecule has 1 aliphatic heterocycles. The second-order valence-corrected chi connectivity index (χ2v) is 13.6. The summed E-state index contributed by atoms with van der Waals surface area (Å²) in [6, 6.07) is 18.9. The molecule has 5 rings (SSSR count). The topological polar surface area (TPSA) is 114 Å². The lowest BCUT2D eigenvalue weighted by molar-refractivity contribution is 0.0614. The quantitative estimate of drug-likeness (QED) is 0.175. The van der Waals surface area contributed by atoms with E-state index in [1.54, 1.807) is 53.4 Å². The highest BCUT2D eigenvalue weighted by molar-refractivity contribution is 7.92. The van der Waals surface area contributed by atoms with Gasteiger partial charge < -0.3 is 9.64 Å². The molecular formula is C32H35F2N5O4S2. The van der Waals surface area contributed by atoms with Gasteiger partial charge in [-0.05, 0) is 91.3 Å². The number of halogens is 2. The molecule has 45 heavy (non-hydrogen) atoms. The maximum atomic E-state index is 13.7. The lowest BCUT2D eigenvalue weighted by Gasteiger charge is -2.29. The Labute approximate surface area is 265 Å². The minimum Gasteiger partial charge on any atom is -0.381 e. The first-order valence-electron chi connectivity index (χ1n) is 14.7. The normalized spacial score (nSPS) is 14.0. The molecule has 0 spiro atoms. The van der Waals surface area contributed by atoms with Gasteiger partial charge in [-0.2, -0.15) is 9.36 Å². The number of sulfonamides is 1. The first kappa shape index (κ1) is 32.5. The maximum Gasteiger partial charge on any atom is 0.323 e. The van der Waals surface area contributed by atoms with Crippen LogP contribution in [0, 0.1) is 17.6 Å². The number of hydrogen-bond acceptors (Lipinski definition) is 7. The number of urea groups is 1. The molecular weight excluding hydrogens is 621 g/mol. The number of amides is 2. The molecule has 13 heteroatoms. The zero-order valence-corrected chi connectivity index (χ0v) is 26.4. The number of ether oxygens (including phenoxy) is 1. The molecule has 0 radical (unpaired) electrons. The average Bonchev–Trinajstić information content (AvgIpc) is 3.48. The second-order valence-electron chi connectivity index (χ2n) is 11.1. The molecule has 0 unspecified atom stereocenters. The van der Waals surface area contributed by atoms with Gasteiger partial charge in [-0.1, -0.05) is 24.3 Å². The van der Waals surface area contributed by atoms with Crippen molar-refractivity contribution in [3.63, 3.8) is 0 Å². The fourth-order valence-electron chi connectivity index (χ4n) is 5.35. The summed E-state index contributed by atoms with van der Waals surface area (Å²) in [5, 5.41) is 3.23. The molecule has 2 N–H and O–H groups in total. The molecule has 3 aromatic carbocycles. The van der Waals surface area contributed by atoms with Crippen LogP contribution in [0.2, 0.25) is 0 Å². The molecule has 9 nitrogen and oxygen atoms in total. The van der Waals surface area contributed by atoms with Crippen LogP contribution in [0.4, 0.5) is 24.4 Å². The van der Waals surface area contributed by atoms with Crippen molar-refractivity contribution in [1.82, 2.24) is 14.3 Å². The average molecular weight is 656 g/mol. The van der Waals surface area contributed by atoms with Crippen LogP contribution in [-0.2, 0) is 14.8 Å². The molecule has 238 valence electrons. The highest BCUT2D eigenvalue weighted by Gasteiger charge is 2.23. The van der Waals surface area contributed by atoms with Crippen LogP contribution in [0.15, 0.2) is 72.8 Å². The summed E-state index contributed by atoms with van der Waals surface area (Å²) in [5.41, 5.74) is 2.84. The number of carbonyl (C=O) groups is 1. The first-order valence-corrected chi connectivity index (χ1v) is 17.4. The summed E-state index contributed by atoms with van der Waals surface area (Å²) >= 11 is 1.05. The Morgan fingerprint density at radius 1 is 0.956 bits per heavy atom. The van der Waals surface area contributed by atoms with Crippen molar-refractivity contribution < 1.29 is 26.7 Å².